The average Bonchev–Trinajstić information content (AvgIpc) is 0.819. The van der Waals surface area contributed by atoms with Crippen LogP contribution < -0.4 is 0 Å². The molecule has 0 bridgehead atoms. The van der Waals surface area contributed by atoms with E-state index in [9.17, 15) is 60.9 Å². The van der Waals surface area contributed by atoms with Crippen LogP contribution in [-0.4, -0.2) is 175 Å². The number of aryl methyl sites for hydroxylation is 13. The van der Waals surface area contributed by atoms with Crippen molar-refractivity contribution in [3.63, 3.8) is 0 Å². The van der Waals surface area contributed by atoms with Gasteiger partial charge in [0, 0.05) is 118 Å². The largest absolute Gasteiger partial charge is 0.416 e. The standard InChI is InChI=1S/C20H18N2O2.C16H18N2O4.C16H18N2O2.C15H15ClN2O2.C15H12F4N2O2.C14H12ClFN2O2/c23-14-19(24)17-12-21-20(22-13-17)11-10-16-8-4-5-9-18(16)15-6-2-1-3-7-15;19-8-11-2-1-3-12(9-20)14(11)4-5-16-17-6-13(7-18-16)15(22)10-21;1-11-4-3-5-12(2)14(11)6-7-16-17-8-13(9-18-16)15(20)10-19;1-10-6-13(16)4-2-11(10)3-5-15-17-7-12(8-18-15)14(20)9-19;16-11-3-1-9(12(5-11)15(17,18)19)2-4-14-20-6-10(7-21-14)13(23)8-22;15-11-5-9(1-3-12(11)16)2-4-14-17-6-10(7-18-14)13(20)8-19/h1-9,12-13,23H,10-11,14H2;1-3,6-7,19-21H,4-5,8-10H2;3-5,8-9,19H,6-7,10H2,1-2H3;2,4,6-8,19H,3,5,9H2,1H3;1,3,5-7,22H,2,4,8H2;1,3,5-7,19H,2,4,8H2. The number of benzene rings is 7. The molecule has 13 aromatic rings. The highest BCUT2D eigenvalue weighted by Crippen LogP contribution is 2.34. The number of carbonyl (C=O) groups excluding carboxylic acids is 6. The van der Waals surface area contributed by atoms with Gasteiger partial charge in [-0.2, -0.15) is 13.2 Å². The second-order valence-electron chi connectivity index (χ2n) is 28.7. The number of halogens is 7. The van der Waals surface area contributed by atoms with E-state index in [4.69, 9.17) is 53.8 Å². The first-order valence-electron chi connectivity index (χ1n) is 40.3. The Hall–Kier alpha value is -13.1. The van der Waals surface area contributed by atoms with E-state index in [1.54, 1.807) is 18.2 Å². The van der Waals surface area contributed by atoms with Gasteiger partial charge in [-0.1, -0.05) is 132 Å². The van der Waals surface area contributed by atoms with Gasteiger partial charge in [0.25, 0.3) is 0 Å². The van der Waals surface area contributed by atoms with Crippen molar-refractivity contribution in [3.05, 3.63) is 377 Å². The van der Waals surface area contributed by atoms with E-state index in [1.807, 2.05) is 67.6 Å². The first-order chi connectivity index (χ1) is 62.1. The number of aliphatic hydroxyl groups excluding tert-OH is 8. The zero-order valence-corrected chi connectivity index (χ0v) is 72.0. The highest BCUT2D eigenvalue weighted by Gasteiger charge is 2.34. The molecule has 6 heterocycles. The van der Waals surface area contributed by atoms with Crippen molar-refractivity contribution in [2.24, 2.45) is 0 Å². The van der Waals surface area contributed by atoms with Gasteiger partial charge in [-0.05, 0) is 168 Å². The van der Waals surface area contributed by atoms with Crippen molar-refractivity contribution in [3.8, 4) is 11.1 Å². The molecule has 26 nitrogen and oxygen atoms in total. The Labute approximate surface area is 749 Å². The second-order valence-corrected chi connectivity index (χ2v) is 29.5. The van der Waals surface area contributed by atoms with Gasteiger partial charge >= 0.3 is 6.18 Å². The maximum atomic E-state index is 13.0. The summed E-state index contributed by atoms with van der Waals surface area (Å²) in [6, 6.07) is 43.1. The summed E-state index contributed by atoms with van der Waals surface area (Å²) in [7, 11) is 0. The lowest BCUT2D eigenvalue weighted by molar-refractivity contribution is -0.138. The fourth-order valence-corrected chi connectivity index (χ4v) is 13.1. The van der Waals surface area contributed by atoms with Crippen LogP contribution in [0.5, 0.6) is 0 Å². The molecule has 0 unspecified atom stereocenters. The summed E-state index contributed by atoms with van der Waals surface area (Å²) in [6.07, 6.45) is 19.1. The molecule has 0 fully saturated rings. The minimum absolute atomic E-state index is 0.0254. The van der Waals surface area contributed by atoms with Crippen molar-refractivity contribution in [2.45, 2.75) is 117 Å². The summed E-state index contributed by atoms with van der Waals surface area (Å²) in [4.78, 5) is 117. The summed E-state index contributed by atoms with van der Waals surface area (Å²) in [5.41, 5.74) is 13.8. The molecular formula is C96H93Cl2F5N12O14. The van der Waals surface area contributed by atoms with E-state index in [-0.39, 0.29) is 76.5 Å². The van der Waals surface area contributed by atoms with E-state index >= 15 is 0 Å². The summed E-state index contributed by atoms with van der Waals surface area (Å²) >= 11 is 11.6. The fourth-order valence-electron chi connectivity index (χ4n) is 12.6. The quantitative estimate of drug-likeness (QED) is 0.0140. The van der Waals surface area contributed by atoms with Crippen LogP contribution in [0.15, 0.2) is 220 Å². The van der Waals surface area contributed by atoms with E-state index in [2.05, 4.69) is 116 Å². The van der Waals surface area contributed by atoms with Crippen LogP contribution in [0.1, 0.15) is 164 Å². The number of nitrogens with zero attached hydrogens (tertiary/aromatic N) is 12. The molecule has 0 aliphatic heterocycles. The van der Waals surface area contributed by atoms with Crippen LogP contribution in [-0.2, 0) is 96.4 Å². The number of aromatic nitrogens is 12. The highest BCUT2D eigenvalue weighted by molar-refractivity contribution is 6.31. The molecule has 0 radical (unpaired) electrons. The molecule has 6 aromatic heterocycles. The van der Waals surface area contributed by atoms with Gasteiger partial charge < -0.3 is 40.9 Å². The summed E-state index contributed by atoms with van der Waals surface area (Å²) in [5, 5.41) is 72.1. The minimum Gasteiger partial charge on any atom is -0.392 e. The monoisotopic (exact) mass is 1800 g/mol. The van der Waals surface area contributed by atoms with Gasteiger partial charge in [0.05, 0.1) is 57.2 Å². The zero-order chi connectivity index (χ0) is 93.4. The van der Waals surface area contributed by atoms with Gasteiger partial charge in [0.1, 0.15) is 86.2 Å². The van der Waals surface area contributed by atoms with Gasteiger partial charge in [-0.3, -0.25) is 28.8 Å². The molecule has 0 aliphatic rings. The van der Waals surface area contributed by atoms with Crippen LogP contribution in [0.3, 0.4) is 0 Å². The molecule has 0 aliphatic carbocycles. The van der Waals surface area contributed by atoms with Crippen molar-refractivity contribution in [2.75, 3.05) is 39.6 Å². The maximum Gasteiger partial charge on any atom is 0.416 e. The van der Waals surface area contributed by atoms with Crippen LogP contribution >= 0.6 is 23.2 Å². The molecule has 33 heteroatoms. The number of hydrogen-bond donors (Lipinski definition) is 8. The van der Waals surface area contributed by atoms with Crippen molar-refractivity contribution >= 4 is 57.9 Å². The smallest absolute Gasteiger partial charge is 0.392 e. The van der Waals surface area contributed by atoms with Crippen LogP contribution in [0.25, 0.3) is 11.1 Å². The number of ketones is 6. The Morgan fingerprint density at radius 3 is 1.02 bits per heavy atom. The van der Waals surface area contributed by atoms with E-state index < -0.39 is 80.4 Å². The summed E-state index contributed by atoms with van der Waals surface area (Å²) < 4.78 is 64.7. The van der Waals surface area contributed by atoms with Crippen molar-refractivity contribution in [1.29, 1.82) is 0 Å². The average molecular weight is 1800 g/mol. The Balaban J connectivity index is 0.000000191. The Morgan fingerprint density at radius 1 is 0.310 bits per heavy atom. The van der Waals surface area contributed by atoms with E-state index in [1.165, 1.54) is 119 Å². The summed E-state index contributed by atoms with van der Waals surface area (Å²) in [5.74, 6) is -0.419. The third kappa shape index (κ3) is 32.3. The van der Waals surface area contributed by atoms with Crippen molar-refractivity contribution in [1.82, 2.24) is 59.8 Å². The molecule has 0 spiro atoms. The lowest BCUT2D eigenvalue weighted by Gasteiger charge is -2.12. The van der Waals surface area contributed by atoms with Crippen LogP contribution in [0.2, 0.25) is 10.0 Å². The first-order valence-corrected chi connectivity index (χ1v) is 41.1. The van der Waals surface area contributed by atoms with Crippen molar-refractivity contribution < 1.29 is 91.6 Å². The molecule has 670 valence electrons. The molecule has 0 saturated heterocycles. The Bertz CT molecular complexity index is 5800. The fraction of sp³-hybridized carbons (Fsp3) is 0.250. The molecule has 13 rings (SSSR count). The number of carbonyl (C=O) groups is 6. The number of aliphatic hydroxyl groups is 8. The van der Waals surface area contributed by atoms with Gasteiger partial charge in [-0.15, -0.1) is 0 Å². The molecule has 8 N–H and O–H groups in total. The van der Waals surface area contributed by atoms with Gasteiger partial charge in [-0.25, -0.2) is 68.6 Å². The van der Waals surface area contributed by atoms with Gasteiger partial charge in [0.2, 0.25) is 0 Å². The highest BCUT2D eigenvalue weighted by atomic mass is 35.5. The number of hydrogen-bond acceptors (Lipinski definition) is 26. The molecule has 0 atom stereocenters. The Kier molecular flexibility index (Phi) is 41.1. The predicted octanol–water partition coefficient (Wildman–Crippen LogP) is 12.8. The lowest BCUT2D eigenvalue weighted by atomic mass is 9.97. The molecule has 0 amide bonds. The third-order valence-electron chi connectivity index (χ3n) is 19.8. The van der Waals surface area contributed by atoms with Gasteiger partial charge in [0.15, 0.2) is 34.7 Å². The SMILES string of the molecule is Cc1cc(Cl)ccc1CCc1ncc(C(=O)CO)cn1.Cc1cccc(C)c1CCc1ncc(C(=O)CO)cn1.O=C(CO)c1cnc(CCc2c(CO)cccc2CO)nc1.O=C(CO)c1cnc(CCc2ccc(F)c(Cl)c2)nc1.O=C(CO)c1cnc(CCc2ccc(F)cc2C(F)(F)F)nc1.O=C(CO)c1cnc(CCc2ccccc2-c2ccccc2)nc1. The number of alkyl halides is 3. The normalized spacial score (nSPS) is 10.7. The Morgan fingerprint density at radius 2 is 0.643 bits per heavy atom. The molecule has 0 saturated carbocycles. The minimum atomic E-state index is -4.64. The van der Waals surface area contributed by atoms with E-state index in [0.717, 1.165) is 70.7 Å². The number of Topliss-reactive ketones (excluding diaryl/α,β-unsaturated/α-hetero) is 6. The van der Waals surface area contributed by atoms with E-state index in [0.29, 0.717) is 90.4 Å². The molecule has 129 heavy (non-hydrogen) atoms. The van der Waals surface area contributed by atoms with Crippen LogP contribution in [0, 0.1) is 32.4 Å². The maximum absolute atomic E-state index is 13.0. The second kappa shape index (κ2) is 52.3. The lowest BCUT2D eigenvalue weighted by Crippen LogP contribution is -2.11. The zero-order valence-electron chi connectivity index (χ0n) is 70.5. The molecule has 7 aromatic carbocycles. The number of rotatable bonds is 33. The third-order valence-corrected chi connectivity index (χ3v) is 20.4. The predicted molar refractivity (Wildman–Crippen MR) is 470 cm³/mol. The summed E-state index contributed by atoms with van der Waals surface area (Å²) in [6.45, 7) is 2.70. The molecular weight excluding hydrogens is 1710 g/mol. The first kappa shape index (κ1) is 101. The van der Waals surface area contributed by atoms with Crippen LogP contribution in [0.4, 0.5) is 22.0 Å². The topological polar surface area (TPSA) is 419 Å².